The minimum absolute atomic E-state index is 0.00747. The van der Waals surface area contributed by atoms with Crippen LogP contribution in [-0.2, 0) is 9.53 Å². The summed E-state index contributed by atoms with van der Waals surface area (Å²) in [6.45, 7) is 11.4. The Morgan fingerprint density at radius 2 is 1.64 bits per heavy atom. The summed E-state index contributed by atoms with van der Waals surface area (Å²) in [5.41, 5.74) is 9.54. The van der Waals surface area contributed by atoms with E-state index in [2.05, 4.69) is 24.6 Å². The number of aliphatic hydroxyl groups excluding tert-OH is 1. The van der Waals surface area contributed by atoms with Gasteiger partial charge in [0.2, 0.25) is 5.91 Å². The molecule has 240 valence electrons. The van der Waals surface area contributed by atoms with Crippen molar-refractivity contribution in [3.63, 3.8) is 0 Å². The van der Waals surface area contributed by atoms with E-state index in [1.54, 1.807) is 46.3 Å². The molecule has 4 unspecified atom stereocenters. The molecule has 0 aliphatic carbocycles. The minimum Gasteiger partial charge on any atom is -0.493 e. The number of para-hydroxylation sites is 1. The molecule has 0 saturated heterocycles. The van der Waals surface area contributed by atoms with Gasteiger partial charge in [-0.2, -0.15) is 0 Å². The van der Waals surface area contributed by atoms with Crippen LogP contribution in [0.15, 0.2) is 24.3 Å². The number of benzene rings is 1. The lowest BCUT2D eigenvalue weighted by atomic mass is 9.83. The van der Waals surface area contributed by atoms with E-state index in [4.69, 9.17) is 15.2 Å². The van der Waals surface area contributed by atoms with Gasteiger partial charge in [-0.25, -0.2) is 9.80 Å². The van der Waals surface area contributed by atoms with Crippen molar-refractivity contribution >= 4 is 17.8 Å². The summed E-state index contributed by atoms with van der Waals surface area (Å²) >= 11 is 0. The first-order valence-corrected chi connectivity index (χ1v) is 15.1. The monoisotopic (exact) mass is 593 g/mol. The van der Waals surface area contributed by atoms with Crippen LogP contribution in [0.4, 0.5) is 4.79 Å². The van der Waals surface area contributed by atoms with Crippen LogP contribution in [0.2, 0.25) is 0 Å². The first kappa shape index (κ1) is 37.3. The molecular weight excluding hydrogens is 538 g/mol. The van der Waals surface area contributed by atoms with E-state index in [9.17, 15) is 19.5 Å². The Bertz CT molecular complexity index is 957. The Kier molecular flexibility index (Phi) is 17.3. The molecule has 0 bridgehead atoms. The molecule has 1 rings (SSSR count). The number of nitrogens with zero attached hydrogens (tertiary/aromatic N) is 2. The van der Waals surface area contributed by atoms with E-state index in [-0.39, 0.29) is 42.5 Å². The third-order valence-corrected chi connectivity index (χ3v) is 7.43. The number of hydrogen-bond donors (Lipinski definition) is 4. The van der Waals surface area contributed by atoms with Gasteiger partial charge in [0.15, 0.2) is 0 Å². The molecule has 0 radical (unpaired) electrons. The van der Waals surface area contributed by atoms with Crippen LogP contribution in [-0.4, -0.2) is 92.5 Å². The topological polar surface area (TPSA) is 146 Å². The number of ether oxygens (including phenoxy) is 2. The molecule has 0 spiro atoms. The molecule has 5 N–H and O–H groups in total. The lowest BCUT2D eigenvalue weighted by Gasteiger charge is -2.32. The number of nitrogens with one attached hydrogen (secondary N) is 2. The van der Waals surface area contributed by atoms with E-state index in [1.807, 2.05) is 19.9 Å². The summed E-state index contributed by atoms with van der Waals surface area (Å²) < 4.78 is 10.9. The number of unbranched alkanes of at least 4 members (excludes halogenated alkanes) is 1. The summed E-state index contributed by atoms with van der Waals surface area (Å²) in [5, 5.41) is 15.6. The lowest BCUT2D eigenvalue weighted by molar-refractivity contribution is -0.135. The molecule has 4 amide bonds. The highest BCUT2D eigenvalue weighted by molar-refractivity contribution is 5.97. The van der Waals surface area contributed by atoms with Crippen molar-refractivity contribution < 1.29 is 29.0 Å². The third kappa shape index (κ3) is 12.6. The van der Waals surface area contributed by atoms with Gasteiger partial charge in [0.1, 0.15) is 5.75 Å². The normalized spacial score (nSPS) is 14.4. The number of methoxy groups -OCH3 is 1. The van der Waals surface area contributed by atoms with Gasteiger partial charge in [0, 0.05) is 52.9 Å². The maximum atomic E-state index is 13.3. The molecule has 0 aromatic heterocycles. The number of nitrogens with two attached hydrogens (primary N) is 1. The minimum atomic E-state index is -0.957. The molecule has 0 aliphatic rings. The molecular formula is C31H55N5O6. The zero-order valence-corrected chi connectivity index (χ0v) is 26.9. The fourth-order valence-electron chi connectivity index (χ4n) is 4.67. The standard InChI is InChI=1S/C31H55N5O6/c1-9-36(31(40)34-35(6)7)30(39)25(22(4)5)19-27(37)26(32)18-23(21(2)3)20-33-29(38)24-14-10-11-15-28(24)42-17-13-12-16-41-8/h10-11,14-15,21-23,25-27,37H,9,12-13,16-20,32H2,1-8H3,(H,33,38)(H,34,40). The maximum absolute atomic E-state index is 13.3. The van der Waals surface area contributed by atoms with E-state index >= 15 is 0 Å². The zero-order valence-electron chi connectivity index (χ0n) is 26.9. The van der Waals surface area contributed by atoms with Gasteiger partial charge in [-0.05, 0) is 62.5 Å². The molecule has 0 heterocycles. The van der Waals surface area contributed by atoms with Crippen LogP contribution < -0.4 is 21.2 Å². The smallest absolute Gasteiger partial charge is 0.338 e. The Balaban J connectivity index is 2.83. The van der Waals surface area contributed by atoms with Gasteiger partial charge < -0.3 is 25.6 Å². The number of amides is 4. The number of carbonyl (C=O) groups is 3. The molecule has 1 aromatic carbocycles. The van der Waals surface area contributed by atoms with Crippen LogP contribution >= 0.6 is 0 Å². The van der Waals surface area contributed by atoms with E-state index in [1.165, 1.54) is 5.01 Å². The molecule has 11 nitrogen and oxygen atoms in total. The predicted octanol–water partition coefficient (Wildman–Crippen LogP) is 3.27. The number of aliphatic hydroxyl groups is 1. The summed E-state index contributed by atoms with van der Waals surface area (Å²) in [6, 6.07) is 6.04. The van der Waals surface area contributed by atoms with Crippen LogP contribution in [0, 0.1) is 23.7 Å². The van der Waals surface area contributed by atoms with Crippen molar-refractivity contribution in [2.24, 2.45) is 29.4 Å². The Labute approximate surface area is 252 Å². The van der Waals surface area contributed by atoms with E-state index < -0.39 is 24.1 Å². The quantitative estimate of drug-likeness (QED) is 0.141. The third-order valence-electron chi connectivity index (χ3n) is 7.43. The Morgan fingerprint density at radius 1 is 1.00 bits per heavy atom. The second kappa shape index (κ2) is 19.5. The number of hydrazine groups is 1. The average molecular weight is 594 g/mol. The van der Waals surface area contributed by atoms with Gasteiger partial charge in [0.05, 0.1) is 18.3 Å². The molecule has 0 aliphatic heterocycles. The highest BCUT2D eigenvalue weighted by Crippen LogP contribution is 2.25. The lowest BCUT2D eigenvalue weighted by Crippen LogP contribution is -2.51. The summed E-state index contributed by atoms with van der Waals surface area (Å²) in [5.74, 6) is -0.556. The van der Waals surface area contributed by atoms with Crippen LogP contribution in [0.3, 0.4) is 0 Å². The molecule has 42 heavy (non-hydrogen) atoms. The summed E-state index contributed by atoms with van der Waals surface area (Å²) in [7, 11) is 5.01. The summed E-state index contributed by atoms with van der Waals surface area (Å²) in [4.78, 5) is 40.1. The van der Waals surface area contributed by atoms with Gasteiger partial charge in [-0.1, -0.05) is 39.8 Å². The van der Waals surface area contributed by atoms with Crippen LogP contribution in [0.25, 0.3) is 0 Å². The Morgan fingerprint density at radius 3 is 2.21 bits per heavy atom. The highest BCUT2D eigenvalue weighted by Gasteiger charge is 2.34. The first-order valence-electron chi connectivity index (χ1n) is 15.1. The van der Waals surface area contributed by atoms with Crippen molar-refractivity contribution in [3.05, 3.63) is 29.8 Å². The second-order valence-corrected chi connectivity index (χ2v) is 11.7. The van der Waals surface area contributed by atoms with Crippen molar-refractivity contribution in [1.29, 1.82) is 0 Å². The number of urea groups is 1. The van der Waals surface area contributed by atoms with E-state index in [0.29, 0.717) is 37.5 Å². The van der Waals surface area contributed by atoms with Crippen LogP contribution in [0.5, 0.6) is 5.75 Å². The molecule has 1 aromatic rings. The number of rotatable bonds is 19. The predicted molar refractivity (Wildman–Crippen MR) is 165 cm³/mol. The molecule has 4 atom stereocenters. The van der Waals surface area contributed by atoms with Gasteiger partial charge in [0.25, 0.3) is 5.91 Å². The maximum Gasteiger partial charge on any atom is 0.338 e. The number of carbonyl (C=O) groups excluding carboxylic acids is 3. The van der Waals surface area contributed by atoms with Gasteiger partial charge in [-0.3, -0.25) is 19.9 Å². The van der Waals surface area contributed by atoms with Gasteiger partial charge >= 0.3 is 6.03 Å². The number of hydrogen-bond acceptors (Lipinski definition) is 8. The molecule has 0 saturated carbocycles. The van der Waals surface area contributed by atoms with Crippen molar-refractivity contribution in [3.8, 4) is 5.75 Å². The van der Waals surface area contributed by atoms with E-state index in [0.717, 1.165) is 17.7 Å². The number of imide groups is 1. The highest BCUT2D eigenvalue weighted by atomic mass is 16.5. The van der Waals surface area contributed by atoms with Crippen molar-refractivity contribution in [2.75, 3.05) is 47.5 Å². The van der Waals surface area contributed by atoms with Gasteiger partial charge in [-0.15, -0.1) is 0 Å². The zero-order chi connectivity index (χ0) is 31.8. The molecule has 11 heteroatoms. The Hall–Kier alpha value is -2.73. The molecule has 0 fully saturated rings. The average Bonchev–Trinajstić information content (AvgIpc) is 2.93. The van der Waals surface area contributed by atoms with Crippen molar-refractivity contribution in [1.82, 2.24) is 20.7 Å². The fraction of sp³-hybridized carbons (Fsp3) is 0.710. The SMILES string of the molecule is CCN(C(=O)NN(C)C)C(=O)C(CC(O)C(N)CC(CNC(=O)c1ccccc1OCCCCOC)C(C)C)C(C)C. The fourth-order valence-corrected chi connectivity index (χ4v) is 4.67. The van der Waals surface area contributed by atoms with Crippen LogP contribution in [0.1, 0.15) is 70.7 Å². The second-order valence-electron chi connectivity index (χ2n) is 11.7. The largest absolute Gasteiger partial charge is 0.493 e. The first-order chi connectivity index (χ1) is 19.8. The summed E-state index contributed by atoms with van der Waals surface area (Å²) in [6.07, 6.45) is 1.33. The van der Waals surface area contributed by atoms with Crippen molar-refractivity contribution in [2.45, 2.75) is 72.4 Å².